The number of rotatable bonds is 10. The third kappa shape index (κ3) is 6.49. The first kappa shape index (κ1) is 22.7. The highest BCUT2D eigenvalue weighted by Crippen LogP contribution is 2.51. The summed E-state index contributed by atoms with van der Waals surface area (Å²) >= 11 is 0. The van der Waals surface area contributed by atoms with E-state index in [2.05, 4.69) is 10.5 Å². The number of nitrogens with zero attached hydrogens (tertiary/aromatic N) is 1. The van der Waals surface area contributed by atoms with E-state index in [0.29, 0.717) is 24.7 Å². The Kier molecular flexibility index (Phi) is 7.95. The fraction of sp³-hybridized carbons (Fsp3) is 0.217. The number of nitrogens with one attached hydrogen (secondary N) is 1. The van der Waals surface area contributed by atoms with Crippen LogP contribution in [0.15, 0.2) is 71.4 Å². The Labute approximate surface area is 181 Å². The number of benzene rings is 2. The molecular weight excluding hydrogens is 415 g/mol. The molecule has 3 aromatic rings. The van der Waals surface area contributed by atoms with E-state index in [1.54, 1.807) is 50.4 Å². The Bertz CT molecular complexity index is 1050. The zero-order chi connectivity index (χ0) is 22.1. The summed E-state index contributed by atoms with van der Waals surface area (Å²) in [6.45, 7) is 4.18. The summed E-state index contributed by atoms with van der Waals surface area (Å²) in [7, 11) is -3.17. The standard InChI is InChI=1S/C23H25N2O5P/c1-3-28-31(27,29-4-2)17-18-10-12-20(13-11-18)25-23(26)15-14-22-21(16-24-30-22)19-8-6-5-7-9-19/h5-16H,3-4,17H2,1-2H3,(H,25,26)/b15-14+. The van der Waals surface area contributed by atoms with Crippen LogP contribution in [0.2, 0.25) is 0 Å². The molecular formula is C23H25N2O5P. The lowest BCUT2D eigenvalue weighted by Crippen LogP contribution is -2.07. The van der Waals surface area contributed by atoms with E-state index in [1.807, 2.05) is 30.3 Å². The van der Waals surface area contributed by atoms with Gasteiger partial charge in [0.2, 0.25) is 5.91 Å². The fourth-order valence-corrected chi connectivity index (χ4v) is 4.68. The summed E-state index contributed by atoms with van der Waals surface area (Å²) < 4.78 is 28.5. The van der Waals surface area contributed by atoms with Crippen LogP contribution in [0.25, 0.3) is 17.2 Å². The lowest BCUT2D eigenvalue weighted by molar-refractivity contribution is -0.111. The molecule has 0 spiro atoms. The van der Waals surface area contributed by atoms with Gasteiger partial charge in [0.25, 0.3) is 0 Å². The van der Waals surface area contributed by atoms with Crippen molar-refractivity contribution < 1.29 is 22.9 Å². The Morgan fingerprint density at radius 3 is 2.39 bits per heavy atom. The lowest BCUT2D eigenvalue weighted by Gasteiger charge is -2.17. The minimum atomic E-state index is -3.17. The molecule has 7 nitrogen and oxygen atoms in total. The van der Waals surface area contributed by atoms with E-state index in [9.17, 15) is 9.36 Å². The molecule has 0 bridgehead atoms. The van der Waals surface area contributed by atoms with E-state index < -0.39 is 7.60 Å². The van der Waals surface area contributed by atoms with Crippen molar-refractivity contribution in [1.29, 1.82) is 0 Å². The van der Waals surface area contributed by atoms with Crippen molar-refractivity contribution in [2.75, 3.05) is 18.5 Å². The zero-order valence-corrected chi connectivity index (χ0v) is 18.4. The third-order valence-electron chi connectivity index (χ3n) is 4.32. The minimum Gasteiger partial charge on any atom is -0.356 e. The van der Waals surface area contributed by atoms with Gasteiger partial charge in [-0.2, -0.15) is 0 Å². The van der Waals surface area contributed by atoms with Crippen LogP contribution >= 0.6 is 7.60 Å². The van der Waals surface area contributed by atoms with Crippen LogP contribution in [-0.4, -0.2) is 24.3 Å². The topological polar surface area (TPSA) is 90.7 Å². The summed E-state index contributed by atoms with van der Waals surface area (Å²) in [5.74, 6) is 0.191. The van der Waals surface area contributed by atoms with Gasteiger partial charge in [-0.3, -0.25) is 9.36 Å². The van der Waals surface area contributed by atoms with Crippen molar-refractivity contribution in [2.45, 2.75) is 20.0 Å². The molecule has 0 fully saturated rings. The molecule has 2 aromatic carbocycles. The molecule has 0 aliphatic rings. The maximum Gasteiger partial charge on any atom is 0.335 e. The van der Waals surface area contributed by atoms with Gasteiger partial charge in [-0.15, -0.1) is 0 Å². The maximum atomic E-state index is 12.6. The molecule has 0 saturated heterocycles. The molecule has 162 valence electrons. The van der Waals surface area contributed by atoms with Crippen molar-refractivity contribution in [3.63, 3.8) is 0 Å². The van der Waals surface area contributed by atoms with Crippen molar-refractivity contribution in [3.05, 3.63) is 78.2 Å². The maximum absolute atomic E-state index is 12.6. The highest BCUT2D eigenvalue weighted by molar-refractivity contribution is 7.53. The van der Waals surface area contributed by atoms with Gasteiger partial charge in [0.15, 0.2) is 5.76 Å². The number of anilines is 1. The molecule has 3 rings (SSSR count). The summed E-state index contributed by atoms with van der Waals surface area (Å²) in [6, 6.07) is 16.7. The van der Waals surface area contributed by atoms with Crippen LogP contribution in [0.4, 0.5) is 5.69 Å². The van der Waals surface area contributed by atoms with Gasteiger partial charge < -0.3 is 18.9 Å². The van der Waals surface area contributed by atoms with Crippen LogP contribution in [0, 0.1) is 0 Å². The second-order valence-corrected chi connectivity index (χ2v) is 8.65. The molecule has 31 heavy (non-hydrogen) atoms. The second-order valence-electron chi connectivity index (χ2n) is 6.59. The van der Waals surface area contributed by atoms with Gasteiger partial charge in [0, 0.05) is 17.3 Å². The number of hydrogen-bond acceptors (Lipinski definition) is 6. The van der Waals surface area contributed by atoms with E-state index in [0.717, 1.165) is 16.7 Å². The Morgan fingerprint density at radius 1 is 1.06 bits per heavy atom. The molecule has 1 heterocycles. The molecule has 0 aliphatic heterocycles. The Balaban J connectivity index is 1.62. The molecule has 0 radical (unpaired) electrons. The highest BCUT2D eigenvalue weighted by atomic mass is 31.2. The van der Waals surface area contributed by atoms with E-state index in [1.165, 1.54) is 6.08 Å². The van der Waals surface area contributed by atoms with Crippen LogP contribution in [-0.2, 0) is 24.6 Å². The number of carbonyl (C=O) groups is 1. The molecule has 1 aromatic heterocycles. The van der Waals surface area contributed by atoms with E-state index in [-0.39, 0.29) is 12.1 Å². The van der Waals surface area contributed by atoms with Crippen molar-refractivity contribution in [2.24, 2.45) is 0 Å². The molecule has 0 saturated carbocycles. The average Bonchev–Trinajstić information content (AvgIpc) is 3.23. The molecule has 1 amide bonds. The first-order chi connectivity index (χ1) is 15.0. The second kappa shape index (κ2) is 10.9. The monoisotopic (exact) mass is 440 g/mol. The largest absolute Gasteiger partial charge is 0.356 e. The number of amides is 1. The summed E-state index contributed by atoms with van der Waals surface area (Å²) in [6.07, 6.45) is 4.77. The van der Waals surface area contributed by atoms with E-state index >= 15 is 0 Å². The molecule has 0 aliphatic carbocycles. The lowest BCUT2D eigenvalue weighted by atomic mass is 10.1. The Morgan fingerprint density at radius 2 is 1.74 bits per heavy atom. The van der Waals surface area contributed by atoms with Gasteiger partial charge >= 0.3 is 7.60 Å². The first-order valence-electron chi connectivity index (χ1n) is 9.99. The number of carbonyl (C=O) groups excluding carboxylic acids is 1. The van der Waals surface area contributed by atoms with Crippen LogP contribution in [0.5, 0.6) is 0 Å². The van der Waals surface area contributed by atoms with Crippen LogP contribution < -0.4 is 5.32 Å². The van der Waals surface area contributed by atoms with Crippen LogP contribution in [0.1, 0.15) is 25.2 Å². The van der Waals surface area contributed by atoms with Crippen molar-refractivity contribution >= 4 is 25.3 Å². The smallest absolute Gasteiger partial charge is 0.335 e. The zero-order valence-electron chi connectivity index (χ0n) is 17.5. The summed E-state index contributed by atoms with van der Waals surface area (Å²) in [5, 5.41) is 6.61. The molecule has 0 unspecified atom stereocenters. The molecule has 1 N–H and O–H groups in total. The third-order valence-corrected chi connectivity index (χ3v) is 6.37. The van der Waals surface area contributed by atoms with Gasteiger partial charge in [-0.05, 0) is 43.2 Å². The highest BCUT2D eigenvalue weighted by Gasteiger charge is 2.23. The predicted molar refractivity (Wildman–Crippen MR) is 121 cm³/mol. The van der Waals surface area contributed by atoms with Crippen LogP contribution in [0.3, 0.4) is 0 Å². The van der Waals surface area contributed by atoms with Crippen molar-refractivity contribution in [3.8, 4) is 11.1 Å². The first-order valence-corrected chi connectivity index (χ1v) is 11.7. The predicted octanol–water partition coefficient (Wildman–Crippen LogP) is 5.76. The molecule has 8 heteroatoms. The Hall–Kier alpha value is -2.99. The van der Waals surface area contributed by atoms with Gasteiger partial charge in [-0.25, -0.2) is 0 Å². The minimum absolute atomic E-state index is 0.177. The SMILES string of the molecule is CCOP(=O)(Cc1ccc(NC(=O)/C=C/c2oncc2-c2ccccc2)cc1)OCC. The number of hydrogen-bond donors (Lipinski definition) is 1. The van der Waals surface area contributed by atoms with Gasteiger partial charge in [0.1, 0.15) is 0 Å². The van der Waals surface area contributed by atoms with Gasteiger partial charge in [0.05, 0.1) is 25.6 Å². The summed E-state index contributed by atoms with van der Waals surface area (Å²) in [4.78, 5) is 12.3. The van der Waals surface area contributed by atoms with Gasteiger partial charge in [-0.1, -0.05) is 47.6 Å². The quantitative estimate of drug-likeness (QED) is 0.318. The van der Waals surface area contributed by atoms with Crippen molar-refractivity contribution in [1.82, 2.24) is 5.16 Å². The van der Waals surface area contributed by atoms with E-state index in [4.69, 9.17) is 13.6 Å². The fourth-order valence-electron chi connectivity index (χ4n) is 2.98. The normalized spacial score (nSPS) is 11.7. The average molecular weight is 440 g/mol. The summed E-state index contributed by atoms with van der Waals surface area (Å²) in [5.41, 5.74) is 3.17. The molecule has 0 atom stereocenters. The number of aromatic nitrogens is 1.